The molecule has 8 aromatic rings. The van der Waals surface area contributed by atoms with E-state index >= 15 is 0 Å². The highest BCUT2D eigenvalue weighted by atomic mass is 35.5. The van der Waals surface area contributed by atoms with Gasteiger partial charge in [0.25, 0.3) is 0 Å². The third-order valence-corrected chi connectivity index (χ3v) is 11.3. The smallest absolute Gasteiger partial charge is 0.145 e. The molecular weight excluding hydrogens is 934 g/mol. The van der Waals surface area contributed by atoms with Crippen LogP contribution in [0.1, 0.15) is 22.3 Å². The van der Waals surface area contributed by atoms with Crippen molar-refractivity contribution in [1.29, 1.82) is 0 Å². The van der Waals surface area contributed by atoms with E-state index in [1.54, 1.807) is 53.3 Å². The van der Waals surface area contributed by atoms with Crippen molar-refractivity contribution in [3.05, 3.63) is 212 Å². The Hall–Kier alpha value is -7.20. The van der Waals surface area contributed by atoms with E-state index < -0.39 is 0 Å². The second kappa shape index (κ2) is 24.0. The minimum absolute atomic E-state index is 0.673. The molecule has 0 saturated heterocycles. The van der Waals surface area contributed by atoms with Gasteiger partial charge in [-0.05, 0) is 142 Å². The molecule has 0 saturated carbocycles. The van der Waals surface area contributed by atoms with Crippen molar-refractivity contribution in [2.45, 2.75) is 0 Å². The fourth-order valence-corrected chi connectivity index (χ4v) is 7.13. The van der Waals surface area contributed by atoms with Gasteiger partial charge in [0.1, 0.15) is 45.7 Å². The van der Waals surface area contributed by atoms with Crippen LogP contribution in [0.4, 0.5) is 22.7 Å². The molecule has 340 valence electrons. The van der Waals surface area contributed by atoms with Crippen LogP contribution >= 0.6 is 46.4 Å². The van der Waals surface area contributed by atoms with E-state index in [4.69, 9.17) is 65.4 Å². The fraction of sp³-hybridized carbons (Fsp3) is 0.0714. The number of hydrogen-bond donors (Lipinski definition) is 0. The summed E-state index contributed by atoms with van der Waals surface area (Å²) >= 11 is 23.8. The molecule has 68 heavy (non-hydrogen) atoms. The van der Waals surface area contributed by atoms with Crippen molar-refractivity contribution in [1.82, 2.24) is 0 Å². The van der Waals surface area contributed by atoms with E-state index in [1.165, 1.54) is 0 Å². The standard InChI is InChI=1S/2C28H22Cl2N2O2/c2*1-33-27-15-21(7-13-25(27)31-17-19-3-9-23(29)10-4-19)22-8-14-26(28(16-22)34-2)32-18-20-5-11-24(30)12-6-20/h2*3-18H,1-2H3. The molecule has 0 aliphatic rings. The average molecular weight is 979 g/mol. The molecule has 0 aliphatic carbocycles. The molecule has 0 aromatic heterocycles. The van der Waals surface area contributed by atoms with E-state index in [9.17, 15) is 0 Å². The number of aliphatic imine (C=N–C) groups is 4. The van der Waals surface area contributed by atoms with Gasteiger partial charge in [-0.25, -0.2) is 0 Å². The first kappa shape index (κ1) is 48.7. The van der Waals surface area contributed by atoms with Crippen molar-refractivity contribution in [2.75, 3.05) is 28.4 Å². The highest BCUT2D eigenvalue weighted by molar-refractivity contribution is 6.31. The summed E-state index contributed by atoms with van der Waals surface area (Å²) in [5.41, 5.74) is 10.7. The molecule has 8 rings (SSSR count). The SMILES string of the molecule is COc1cc(-c2ccc(N=Cc3ccc(Cl)cc3)c(OC)c2)ccc1N=Cc1ccc(Cl)cc1.COc1cc(-c2ccc(N=Cc3ccc(Cl)cc3)c(OC)c2)ccc1N=Cc1ccc(Cl)cc1. The Balaban J connectivity index is 0.000000201. The molecule has 0 amide bonds. The van der Waals surface area contributed by atoms with Gasteiger partial charge in [0.2, 0.25) is 0 Å². The monoisotopic (exact) mass is 976 g/mol. The van der Waals surface area contributed by atoms with Crippen molar-refractivity contribution < 1.29 is 18.9 Å². The Morgan fingerprint density at radius 2 is 0.471 bits per heavy atom. The third kappa shape index (κ3) is 13.5. The Morgan fingerprint density at radius 3 is 0.647 bits per heavy atom. The van der Waals surface area contributed by atoms with Gasteiger partial charge in [-0.3, -0.25) is 20.0 Å². The molecule has 0 aliphatic heterocycles. The summed E-state index contributed by atoms with van der Waals surface area (Å²) in [4.78, 5) is 18.3. The number of halogens is 4. The van der Waals surface area contributed by atoms with Gasteiger partial charge in [0.15, 0.2) is 0 Å². The predicted molar refractivity (Wildman–Crippen MR) is 285 cm³/mol. The van der Waals surface area contributed by atoms with Crippen LogP contribution in [0.25, 0.3) is 22.3 Å². The van der Waals surface area contributed by atoms with E-state index in [1.807, 2.05) is 170 Å². The van der Waals surface area contributed by atoms with Crippen molar-refractivity contribution >= 4 is 94.0 Å². The molecule has 0 radical (unpaired) electrons. The van der Waals surface area contributed by atoms with Crippen LogP contribution in [0.3, 0.4) is 0 Å². The lowest BCUT2D eigenvalue weighted by Crippen LogP contribution is -1.89. The van der Waals surface area contributed by atoms with Gasteiger partial charge in [0.05, 0.1) is 28.4 Å². The molecular formula is C56H44Cl4N4O4. The highest BCUT2D eigenvalue weighted by Crippen LogP contribution is 2.39. The summed E-state index contributed by atoms with van der Waals surface area (Å²) in [7, 11) is 6.54. The summed E-state index contributed by atoms with van der Waals surface area (Å²) < 4.78 is 22.4. The van der Waals surface area contributed by atoms with Crippen LogP contribution in [-0.2, 0) is 0 Å². The largest absolute Gasteiger partial charge is 0.494 e. The van der Waals surface area contributed by atoms with Gasteiger partial charge >= 0.3 is 0 Å². The topological polar surface area (TPSA) is 86.4 Å². The van der Waals surface area contributed by atoms with Crippen LogP contribution in [0.2, 0.25) is 20.1 Å². The Kier molecular flexibility index (Phi) is 17.2. The summed E-state index contributed by atoms with van der Waals surface area (Å²) in [5.74, 6) is 2.69. The minimum atomic E-state index is 0.673. The second-order valence-electron chi connectivity index (χ2n) is 14.8. The van der Waals surface area contributed by atoms with Crippen molar-refractivity contribution in [3.63, 3.8) is 0 Å². The van der Waals surface area contributed by atoms with Crippen LogP contribution in [0.15, 0.2) is 190 Å². The third-order valence-electron chi connectivity index (χ3n) is 10.3. The zero-order valence-corrected chi connectivity index (χ0v) is 40.4. The van der Waals surface area contributed by atoms with Crippen molar-refractivity contribution in [3.8, 4) is 45.3 Å². The number of nitrogens with zero attached hydrogens (tertiary/aromatic N) is 4. The quantitative estimate of drug-likeness (QED) is 0.102. The summed E-state index contributed by atoms with van der Waals surface area (Å²) in [6.45, 7) is 0. The lowest BCUT2D eigenvalue weighted by molar-refractivity contribution is 0.415. The summed E-state index contributed by atoms with van der Waals surface area (Å²) in [6.07, 6.45) is 7.13. The Bertz CT molecular complexity index is 2660. The van der Waals surface area contributed by atoms with E-state index in [-0.39, 0.29) is 0 Å². The molecule has 0 N–H and O–H groups in total. The molecule has 12 heteroatoms. The minimum Gasteiger partial charge on any atom is -0.494 e. The number of ether oxygens (including phenoxy) is 4. The zero-order valence-electron chi connectivity index (χ0n) is 37.4. The van der Waals surface area contributed by atoms with E-state index in [0.717, 1.165) is 67.3 Å². The number of rotatable bonds is 14. The first-order chi connectivity index (χ1) is 33.1. The number of benzene rings is 8. The van der Waals surface area contributed by atoms with E-state index in [0.29, 0.717) is 43.1 Å². The van der Waals surface area contributed by atoms with Crippen molar-refractivity contribution in [2.24, 2.45) is 20.0 Å². The molecule has 8 nitrogen and oxygen atoms in total. The van der Waals surface area contributed by atoms with Crippen LogP contribution in [0.5, 0.6) is 23.0 Å². The Labute approximate surface area is 416 Å². The lowest BCUT2D eigenvalue weighted by atomic mass is 10.0. The molecule has 8 aromatic carbocycles. The number of methoxy groups -OCH3 is 4. The second-order valence-corrected chi connectivity index (χ2v) is 16.5. The van der Waals surface area contributed by atoms with Gasteiger partial charge < -0.3 is 18.9 Å². The van der Waals surface area contributed by atoms with Gasteiger partial charge in [0, 0.05) is 44.9 Å². The summed E-state index contributed by atoms with van der Waals surface area (Å²) in [5, 5.41) is 2.76. The Morgan fingerprint density at radius 1 is 0.279 bits per heavy atom. The van der Waals surface area contributed by atoms with Crippen LogP contribution in [-0.4, -0.2) is 53.3 Å². The average Bonchev–Trinajstić information content (AvgIpc) is 3.38. The molecule has 0 spiro atoms. The maximum absolute atomic E-state index is 5.95. The maximum atomic E-state index is 5.95. The van der Waals surface area contributed by atoms with E-state index in [2.05, 4.69) is 20.0 Å². The normalized spacial score (nSPS) is 11.3. The fourth-order valence-electron chi connectivity index (χ4n) is 6.63. The molecule has 0 unspecified atom stereocenters. The molecule has 0 bridgehead atoms. The first-order valence-electron chi connectivity index (χ1n) is 21.0. The lowest BCUT2D eigenvalue weighted by Gasteiger charge is -2.11. The molecule has 0 atom stereocenters. The first-order valence-corrected chi connectivity index (χ1v) is 22.5. The molecule has 0 heterocycles. The highest BCUT2D eigenvalue weighted by Gasteiger charge is 2.11. The van der Waals surface area contributed by atoms with Gasteiger partial charge in [-0.2, -0.15) is 0 Å². The van der Waals surface area contributed by atoms with Gasteiger partial charge in [-0.15, -0.1) is 0 Å². The number of hydrogen-bond acceptors (Lipinski definition) is 8. The zero-order chi connectivity index (χ0) is 47.8. The molecule has 0 fully saturated rings. The van der Waals surface area contributed by atoms with Gasteiger partial charge in [-0.1, -0.05) is 119 Å². The van der Waals surface area contributed by atoms with Crippen LogP contribution in [0, 0.1) is 0 Å². The van der Waals surface area contributed by atoms with Crippen LogP contribution < -0.4 is 18.9 Å². The maximum Gasteiger partial charge on any atom is 0.145 e. The predicted octanol–water partition coefficient (Wildman–Crippen LogP) is 16.4. The summed E-state index contributed by atoms with van der Waals surface area (Å²) in [6, 6.07) is 53.5.